The molecule has 1 N–H and O–H groups in total. The van der Waals surface area contributed by atoms with Crippen molar-refractivity contribution in [2.45, 2.75) is 21.9 Å². The highest BCUT2D eigenvalue weighted by atomic mass is 32.2. The molecule has 0 spiro atoms. The molecule has 4 aromatic heterocycles. The van der Waals surface area contributed by atoms with Gasteiger partial charge in [0.15, 0.2) is 25.7 Å². The second-order valence-corrected chi connectivity index (χ2v) is 11.7. The van der Waals surface area contributed by atoms with E-state index in [0.717, 1.165) is 0 Å². The Morgan fingerprint density at radius 1 is 0.833 bits per heavy atom. The molecule has 0 atom stereocenters. The van der Waals surface area contributed by atoms with Crippen molar-refractivity contribution in [2.24, 2.45) is 0 Å². The molecule has 0 radical (unpaired) electrons. The first-order valence-electron chi connectivity index (χ1n) is 10.8. The molecule has 0 saturated carbocycles. The van der Waals surface area contributed by atoms with Crippen LogP contribution in [-0.4, -0.2) is 47.5 Å². The van der Waals surface area contributed by atoms with Crippen molar-refractivity contribution in [2.75, 3.05) is 5.75 Å². The van der Waals surface area contributed by atoms with Crippen molar-refractivity contribution >= 4 is 30.7 Å². The van der Waals surface area contributed by atoms with E-state index in [1.165, 1.54) is 43.6 Å². The van der Waals surface area contributed by atoms with Gasteiger partial charge in [-0.3, -0.25) is 4.98 Å². The molecule has 0 fully saturated rings. The third-order valence-corrected chi connectivity index (χ3v) is 8.60. The van der Waals surface area contributed by atoms with E-state index in [-0.39, 0.29) is 37.7 Å². The van der Waals surface area contributed by atoms with Gasteiger partial charge in [0.05, 0.1) is 17.5 Å². The molecule has 0 amide bonds. The molecule has 182 valence electrons. The monoisotopic (exact) mass is 521 g/mol. The first-order chi connectivity index (χ1) is 17.3. The maximum Gasteiger partial charge on any atom is 0.226 e. The van der Waals surface area contributed by atoms with Crippen molar-refractivity contribution in [3.63, 3.8) is 0 Å². The standard InChI is InChI=1S/C24H19N5O5S2/c1-2-35(30,31)21-10-9-16(15-27-21)34-17-13-19-23(29-24(28-19)18-7-3-5-11-25-18)20(14-17)36(32,33)22-8-4-6-12-26-22/h3-15H,2H2,1H3,(H,28,29). The van der Waals surface area contributed by atoms with Crippen molar-refractivity contribution in [3.05, 3.63) is 79.3 Å². The number of aromatic nitrogens is 5. The molecule has 36 heavy (non-hydrogen) atoms. The number of nitrogens with one attached hydrogen (secondary N) is 1. The first-order valence-corrected chi connectivity index (χ1v) is 13.9. The van der Waals surface area contributed by atoms with E-state index in [9.17, 15) is 16.8 Å². The molecule has 5 rings (SSSR count). The van der Waals surface area contributed by atoms with Crippen LogP contribution in [0.5, 0.6) is 11.5 Å². The van der Waals surface area contributed by atoms with Gasteiger partial charge >= 0.3 is 0 Å². The summed E-state index contributed by atoms with van der Waals surface area (Å²) in [6.45, 7) is 1.53. The fraction of sp³-hybridized carbons (Fsp3) is 0.0833. The van der Waals surface area contributed by atoms with Crippen LogP contribution in [0.3, 0.4) is 0 Å². The topological polar surface area (TPSA) is 145 Å². The molecule has 0 bridgehead atoms. The Morgan fingerprint density at radius 3 is 2.25 bits per heavy atom. The van der Waals surface area contributed by atoms with Gasteiger partial charge in [0.1, 0.15) is 27.6 Å². The Bertz CT molecular complexity index is 1760. The Balaban J connectivity index is 1.63. The van der Waals surface area contributed by atoms with Gasteiger partial charge in [-0.15, -0.1) is 0 Å². The number of ether oxygens (including phenoxy) is 1. The molecule has 0 aliphatic rings. The lowest BCUT2D eigenvalue weighted by molar-refractivity contribution is 0.478. The molecule has 1 aromatic carbocycles. The third kappa shape index (κ3) is 4.43. The van der Waals surface area contributed by atoms with Crippen molar-refractivity contribution in [1.29, 1.82) is 0 Å². The molecule has 0 aliphatic carbocycles. The van der Waals surface area contributed by atoms with Gasteiger partial charge in [-0.25, -0.2) is 31.8 Å². The van der Waals surface area contributed by atoms with E-state index in [1.54, 1.807) is 42.6 Å². The highest BCUT2D eigenvalue weighted by molar-refractivity contribution is 7.91. The summed E-state index contributed by atoms with van der Waals surface area (Å²) in [5, 5.41) is -0.207. The summed E-state index contributed by atoms with van der Waals surface area (Å²) in [4.78, 5) is 19.8. The lowest BCUT2D eigenvalue weighted by atomic mass is 10.3. The predicted octanol–water partition coefficient (Wildman–Crippen LogP) is 3.83. The van der Waals surface area contributed by atoms with Gasteiger partial charge in [-0.05, 0) is 36.4 Å². The van der Waals surface area contributed by atoms with Gasteiger partial charge in [0, 0.05) is 24.5 Å². The molecule has 12 heteroatoms. The fourth-order valence-corrected chi connectivity index (χ4v) is 5.61. The van der Waals surface area contributed by atoms with Crippen LogP contribution in [0.4, 0.5) is 0 Å². The molecule has 10 nitrogen and oxygen atoms in total. The number of sulfone groups is 2. The van der Waals surface area contributed by atoms with Crippen LogP contribution in [0, 0.1) is 0 Å². The minimum absolute atomic E-state index is 0.0696. The average Bonchev–Trinajstić information content (AvgIpc) is 3.34. The van der Waals surface area contributed by atoms with E-state index in [1.807, 2.05) is 0 Å². The summed E-state index contributed by atoms with van der Waals surface area (Å²) in [5.74, 6) is 0.719. The number of nitrogens with zero attached hydrogens (tertiary/aromatic N) is 4. The fourth-order valence-electron chi connectivity index (χ4n) is 3.46. The van der Waals surface area contributed by atoms with Crippen LogP contribution < -0.4 is 4.74 Å². The van der Waals surface area contributed by atoms with Crippen LogP contribution >= 0.6 is 0 Å². The molecule has 4 heterocycles. The lowest BCUT2D eigenvalue weighted by Gasteiger charge is -2.10. The summed E-state index contributed by atoms with van der Waals surface area (Å²) in [7, 11) is -7.54. The third-order valence-electron chi connectivity index (χ3n) is 5.28. The van der Waals surface area contributed by atoms with Crippen LogP contribution in [0.2, 0.25) is 0 Å². The number of imidazole rings is 1. The number of pyridine rings is 3. The van der Waals surface area contributed by atoms with Gasteiger partial charge in [0.2, 0.25) is 9.84 Å². The summed E-state index contributed by atoms with van der Waals surface area (Å²) in [5.41, 5.74) is 1.14. The van der Waals surface area contributed by atoms with Crippen LogP contribution in [0.15, 0.2) is 94.2 Å². The number of aromatic amines is 1. The van der Waals surface area contributed by atoms with Gasteiger partial charge in [-0.2, -0.15) is 0 Å². The number of benzene rings is 1. The quantitative estimate of drug-likeness (QED) is 0.338. The largest absolute Gasteiger partial charge is 0.456 e. The van der Waals surface area contributed by atoms with Gasteiger partial charge < -0.3 is 9.72 Å². The van der Waals surface area contributed by atoms with E-state index < -0.39 is 19.7 Å². The zero-order valence-corrected chi connectivity index (χ0v) is 20.5. The molecular weight excluding hydrogens is 502 g/mol. The van der Waals surface area contributed by atoms with Gasteiger partial charge in [0.25, 0.3) is 0 Å². The van der Waals surface area contributed by atoms with Crippen molar-refractivity contribution < 1.29 is 21.6 Å². The van der Waals surface area contributed by atoms with Crippen molar-refractivity contribution in [1.82, 2.24) is 24.9 Å². The zero-order chi connectivity index (χ0) is 25.3. The molecular formula is C24H19N5O5S2. The van der Waals surface area contributed by atoms with E-state index >= 15 is 0 Å². The number of H-pyrrole nitrogens is 1. The second-order valence-electron chi connectivity index (χ2n) is 7.63. The molecule has 0 saturated heterocycles. The van der Waals surface area contributed by atoms with Crippen molar-refractivity contribution in [3.8, 4) is 23.0 Å². The Kier molecular flexibility index (Phi) is 5.98. The highest BCUT2D eigenvalue weighted by Gasteiger charge is 2.26. The predicted molar refractivity (Wildman–Crippen MR) is 131 cm³/mol. The minimum atomic E-state index is -4.07. The maximum absolute atomic E-state index is 13.5. The SMILES string of the molecule is CCS(=O)(=O)c1ccc(Oc2cc(S(=O)(=O)c3ccccn3)c3nc(-c4ccccn4)[nH]c3c2)cn1. The molecule has 5 aromatic rings. The number of hydrogen-bond acceptors (Lipinski definition) is 9. The number of hydrogen-bond donors (Lipinski definition) is 1. The Labute approximate surface area is 206 Å². The van der Waals surface area contributed by atoms with E-state index in [4.69, 9.17) is 4.74 Å². The average molecular weight is 522 g/mol. The van der Waals surface area contributed by atoms with Crippen LogP contribution in [-0.2, 0) is 19.7 Å². The minimum Gasteiger partial charge on any atom is -0.456 e. The normalized spacial score (nSPS) is 12.0. The van der Waals surface area contributed by atoms with Crippen LogP contribution in [0.1, 0.15) is 6.92 Å². The Hall–Kier alpha value is -4.16. The van der Waals surface area contributed by atoms with E-state index in [0.29, 0.717) is 17.0 Å². The second kappa shape index (κ2) is 9.13. The van der Waals surface area contributed by atoms with E-state index in [2.05, 4.69) is 24.9 Å². The first kappa shape index (κ1) is 23.6. The smallest absolute Gasteiger partial charge is 0.226 e. The summed E-state index contributed by atoms with van der Waals surface area (Å²) in [6.07, 6.45) is 4.27. The Morgan fingerprint density at radius 2 is 1.61 bits per heavy atom. The summed E-state index contributed by atoms with van der Waals surface area (Å²) < 4.78 is 57.0. The maximum atomic E-state index is 13.5. The van der Waals surface area contributed by atoms with Gasteiger partial charge in [-0.1, -0.05) is 19.1 Å². The lowest BCUT2D eigenvalue weighted by Crippen LogP contribution is -2.06. The number of rotatable bonds is 7. The highest BCUT2D eigenvalue weighted by Crippen LogP contribution is 2.34. The summed E-state index contributed by atoms with van der Waals surface area (Å²) >= 11 is 0. The number of fused-ring (bicyclic) bond motifs is 1. The van der Waals surface area contributed by atoms with Crippen LogP contribution in [0.25, 0.3) is 22.6 Å². The summed E-state index contributed by atoms with van der Waals surface area (Å²) in [6, 6.07) is 15.7. The molecule has 0 unspecified atom stereocenters. The molecule has 0 aliphatic heterocycles. The zero-order valence-electron chi connectivity index (χ0n) is 18.9.